The van der Waals surface area contributed by atoms with Crippen molar-refractivity contribution in [3.8, 4) is 5.75 Å². The topological polar surface area (TPSA) is 87.0 Å². The summed E-state index contributed by atoms with van der Waals surface area (Å²) in [6, 6.07) is 6.42. The highest BCUT2D eigenvalue weighted by Gasteiger charge is 2.24. The van der Waals surface area contributed by atoms with Gasteiger partial charge < -0.3 is 14.4 Å². The second-order valence-corrected chi connectivity index (χ2v) is 10.2. The number of benzene rings is 2. The van der Waals surface area contributed by atoms with Gasteiger partial charge in [-0.1, -0.05) is 23.2 Å². The van der Waals surface area contributed by atoms with Gasteiger partial charge in [0.05, 0.1) is 15.6 Å². The van der Waals surface area contributed by atoms with E-state index in [9.17, 15) is 23.5 Å². The zero-order valence-electron chi connectivity index (χ0n) is 20.9. The molecule has 3 aromatic rings. The number of pyridine rings is 1. The molecule has 1 unspecified atom stereocenters. The second kappa shape index (κ2) is 12.0. The van der Waals surface area contributed by atoms with E-state index in [4.69, 9.17) is 27.9 Å². The van der Waals surface area contributed by atoms with Gasteiger partial charge in [0.2, 0.25) is 5.43 Å². The molecule has 1 aliphatic rings. The molecule has 38 heavy (non-hydrogen) atoms. The molecular weight excluding hydrogens is 541 g/mol. The minimum absolute atomic E-state index is 0.00659. The van der Waals surface area contributed by atoms with Crippen molar-refractivity contribution in [3.05, 3.63) is 74.0 Å². The first-order valence-electron chi connectivity index (χ1n) is 12.1. The standard InChI is InChI=1S/C26H28Cl2F2N4O4/c1-15(2)34-13-19(25(36)18-10-23(30)21(28)11-24(18)34)26(37)31-33-7-5-32(6-8-33)12-16(35)14-38-17-3-4-20(27)22(29)9-17/h3-4,9-11,13,15-16,35H,5-8,12,14H2,1-2H3,(H,31,37). The zero-order valence-corrected chi connectivity index (χ0v) is 22.4. The van der Waals surface area contributed by atoms with E-state index < -0.39 is 29.1 Å². The average Bonchev–Trinajstić information content (AvgIpc) is 2.87. The van der Waals surface area contributed by atoms with Gasteiger partial charge >= 0.3 is 0 Å². The number of nitrogens with one attached hydrogen (secondary N) is 1. The summed E-state index contributed by atoms with van der Waals surface area (Å²) in [4.78, 5) is 28.1. The molecule has 1 amide bonds. The number of carbonyl (C=O) groups is 1. The predicted molar refractivity (Wildman–Crippen MR) is 142 cm³/mol. The van der Waals surface area contributed by atoms with E-state index in [0.29, 0.717) is 38.2 Å². The van der Waals surface area contributed by atoms with E-state index in [0.717, 1.165) is 12.1 Å². The lowest BCUT2D eigenvalue weighted by Crippen LogP contribution is -2.55. The second-order valence-electron chi connectivity index (χ2n) is 9.43. The highest BCUT2D eigenvalue weighted by molar-refractivity contribution is 6.31. The number of nitrogens with zero attached hydrogens (tertiary/aromatic N) is 3. The molecule has 0 aliphatic carbocycles. The van der Waals surface area contributed by atoms with Crippen molar-refractivity contribution in [2.75, 3.05) is 39.3 Å². The minimum atomic E-state index is -0.809. The van der Waals surface area contributed by atoms with Gasteiger partial charge in [-0.15, -0.1) is 0 Å². The summed E-state index contributed by atoms with van der Waals surface area (Å²) in [7, 11) is 0. The van der Waals surface area contributed by atoms with Crippen LogP contribution in [0.4, 0.5) is 8.78 Å². The van der Waals surface area contributed by atoms with Crippen molar-refractivity contribution in [2.45, 2.75) is 26.0 Å². The maximum atomic E-state index is 14.1. The van der Waals surface area contributed by atoms with Crippen LogP contribution in [0.5, 0.6) is 5.75 Å². The Hall–Kier alpha value is -2.76. The van der Waals surface area contributed by atoms with E-state index in [1.54, 1.807) is 9.58 Å². The van der Waals surface area contributed by atoms with Crippen molar-refractivity contribution in [2.24, 2.45) is 0 Å². The molecule has 12 heteroatoms. The van der Waals surface area contributed by atoms with Crippen LogP contribution in [-0.2, 0) is 0 Å². The van der Waals surface area contributed by atoms with Crippen molar-refractivity contribution < 1.29 is 23.4 Å². The van der Waals surface area contributed by atoms with Crippen molar-refractivity contribution >= 4 is 40.0 Å². The van der Waals surface area contributed by atoms with Crippen LogP contribution in [0.3, 0.4) is 0 Å². The number of hydrogen-bond donors (Lipinski definition) is 2. The fourth-order valence-corrected chi connectivity index (χ4v) is 4.56. The molecule has 2 N–H and O–H groups in total. The van der Waals surface area contributed by atoms with E-state index in [-0.39, 0.29) is 39.4 Å². The minimum Gasteiger partial charge on any atom is -0.491 e. The Kier molecular flexibility index (Phi) is 8.89. The van der Waals surface area contributed by atoms with Crippen LogP contribution in [-0.4, -0.2) is 70.9 Å². The molecule has 0 radical (unpaired) electrons. The fraction of sp³-hybridized carbons (Fsp3) is 0.385. The van der Waals surface area contributed by atoms with E-state index in [2.05, 4.69) is 5.43 Å². The average molecular weight is 569 g/mol. The number of rotatable bonds is 8. The number of amides is 1. The first-order valence-corrected chi connectivity index (χ1v) is 12.9. The maximum Gasteiger partial charge on any atom is 0.271 e. The first-order chi connectivity index (χ1) is 18.0. The summed E-state index contributed by atoms with van der Waals surface area (Å²) in [5, 5.41) is 12.0. The highest BCUT2D eigenvalue weighted by atomic mass is 35.5. The number of piperazine rings is 1. The van der Waals surface area contributed by atoms with Gasteiger partial charge in [-0.2, -0.15) is 0 Å². The number of aliphatic hydroxyl groups excluding tert-OH is 1. The first kappa shape index (κ1) is 28.3. The Balaban J connectivity index is 1.34. The zero-order chi connectivity index (χ0) is 27.6. The molecule has 1 aromatic heterocycles. The molecule has 204 valence electrons. The van der Waals surface area contributed by atoms with Crippen LogP contribution in [0.2, 0.25) is 10.0 Å². The monoisotopic (exact) mass is 568 g/mol. The molecule has 8 nitrogen and oxygen atoms in total. The number of hydrazine groups is 1. The summed E-state index contributed by atoms with van der Waals surface area (Å²) < 4.78 is 34.8. The van der Waals surface area contributed by atoms with Gasteiger partial charge in [0.25, 0.3) is 5.91 Å². The third-order valence-corrected chi connectivity index (χ3v) is 6.91. The van der Waals surface area contributed by atoms with Gasteiger partial charge in [-0.05, 0) is 38.1 Å². The number of ether oxygens (including phenoxy) is 1. The third kappa shape index (κ3) is 6.44. The molecule has 0 spiro atoms. The number of halogens is 4. The number of carbonyl (C=O) groups excluding carboxylic acids is 1. The summed E-state index contributed by atoms with van der Waals surface area (Å²) in [6.45, 7) is 6.08. The van der Waals surface area contributed by atoms with Crippen LogP contribution in [0.15, 0.2) is 41.3 Å². The lowest BCUT2D eigenvalue weighted by Gasteiger charge is -2.35. The molecule has 1 aliphatic heterocycles. The molecular formula is C26H28Cl2F2N4O4. The van der Waals surface area contributed by atoms with Gasteiger partial charge in [0.1, 0.15) is 35.7 Å². The van der Waals surface area contributed by atoms with Crippen LogP contribution in [0.25, 0.3) is 10.9 Å². The van der Waals surface area contributed by atoms with Crippen molar-refractivity contribution in [1.82, 2.24) is 19.9 Å². The smallest absolute Gasteiger partial charge is 0.271 e. The van der Waals surface area contributed by atoms with E-state index >= 15 is 0 Å². The molecule has 0 saturated carbocycles. The third-order valence-electron chi connectivity index (χ3n) is 6.31. The number of hydrogen-bond acceptors (Lipinski definition) is 6. The van der Waals surface area contributed by atoms with Gasteiger partial charge in [0, 0.05) is 56.4 Å². The van der Waals surface area contributed by atoms with Crippen LogP contribution < -0.4 is 15.6 Å². The maximum absolute atomic E-state index is 14.1. The Morgan fingerprint density at radius 1 is 1.08 bits per heavy atom. The Morgan fingerprint density at radius 3 is 2.42 bits per heavy atom. The van der Waals surface area contributed by atoms with Crippen LogP contribution in [0, 0.1) is 11.6 Å². The molecule has 1 atom stereocenters. The SMILES string of the molecule is CC(C)n1cc(C(=O)NN2CCN(CC(O)COc3ccc(Cl)c(F)c3)CC2)c(=O)c2cc(F)c(Cl)cc21. The molecule has 1 fully saturated rings. The molecule has 1 saturated heterocycles. The molecule has 2 heterocycles. The summed E-state index contributed by atoms with van der Waals surface area (Å²) in [5.41, 5.74) is 2.54. The lowest BCUT2D eigenvalue weighted by molar-refractivity contribution is 0.0316. The van der Waals surface area contributed by atoms with Crippen molar-refractivity contribution in [3.63, 3.8) is 0 Å². The molecule has 4 rings (SSSR count). The highest BCUT2D eigenvalue weighted by Crippen LogP contribution is 2.24. The van der Waals surface area contributed by atoms with Gasteiger partial charge in [-0.3, -0.25) is 19.9 Å². The Morgan fingerprint density at radius 2 is 1.76 bits per heavy atom. The number of fused-ring (bicyclic) bond motifs is 1. The lowest BCUT2D eigenvalue weighted by atomic mass is 10.1. The van der Waals surface area contributed by atoms with Crippen molar-refractivity contribution in [1.29, 1.82) is 0 Å². The van der Waals surface area contributed by atoms with E-state index in [1.807, 2.05) is 18.7 Å². The largest absolute Gasteiger partial charge is 0.491 e. The van der Waals surface area contributed by atoms with Crippen LogP contribution in [0.1, 0.15) is 30.2 Å². The predicted octanol–water partition coefficient (Wildman–Crippen LogP) is 3.87. The fourth-order valence-electron chi connectivity index (χ4n) is 4.29. The van der Waals surface area contributed by atoms with E-state index in [1.165, 1.54) is 24.4 Å². The summed E-state index contributed by atoms with van der Waals surface area (Å²) in [5.74, 6) is -1.64. The number of aromatic nitrogens is 1. The quantitative estimate of drug-likeness (QED) is 0.429. The summed E-state index contributed by atoms with van der Waals surface area (Å²) in [6.07, 6.45) is 0.661. The normalized spacial score (nSPS) is 15.7. The summed E-state index contributed by atoms with van der Waals surface area (Å²) >= 11 is 11.6. The number of β-amino-alcohol motifs (C(OH)–C–C–N with tert-alkyl or cyclic N) is 1. The molecule has 0 bridgehead atoms. The molecule has 2 aromatic carbocycles. The van der Waals surface area contributed by atoms with Gasteiger partial charge in [0.15, 0.2) is 0 Å². The Labute approximate surface area is 228 Å². The Bertz CT molecular complexity index is 1390. The van der Waals surface area contributed by atoms with Gasteiger partial charge in [-0.25, -0.2) is 13.8 Å². The van der Waals surface area contributed by atoms with Crippen LogP contribution >= 0.6 is 23.2 Å². The number of aliphatic hydroxyl groups is 1.